The van der Waals surface area contributed by atoms with Crippen molar-refractivity contribution in [3.8, 4) is 5.75 Å². The van der Waals surface area contributed by atoms with E-state index in [1.165, 1.54) is 30.3 Å². The minimum absolute atomic E-state index is 0.0452. The molecule has 1 heterocycles. The maximum absolute atomic E-state index is 13.7. The van der Waals surface area contributed by atoms with Crippen LogP contribution in [0.25, 0.3) is 0 Å². The zero-order valence-corrected chi connectivity index (χ0v) is 18.2. The van der Waals surface area contributed by atoms with Gasteiger partial charge in [0.15, 0.2) is 0 Å². The summed E-state index contributed by atoms with van der Waals surface area (Å²) in [5, 5.41) is 7.63. The first-order valence-corrected chi connectivity index (χ1v) is 11.6. The Morgan fingerprint density at radius 3 is 2.50 bits per heavy atom. The van der Waals surface area contributed by atoms with Gasteiger partial charge in [0.05, 0.1) is 17.1 Å². The van der Waals surface area contributed by atoms with Gasteiger partial charge >= 0.3 is 6.18 Å². The summed E-state index contributed by atoms with van der Waals surface area (Å²) in [5.41, 5.74) is -0.346. The molecule has 1 aliphatic rings. The average Bonchev–Trinajstić information content (AvgIpc) is 2.77. The highest BCUT2D eigenvalue weighted by molar-refractivity contribution is 7.89. The summed E-state index contributed by atoms with van der Waals surface area (Å²) in [5.74, 6) is -1.77. The third-order valence-corrected chi connectivity index (χ3v) is 6.35. The quantitative estimate of drug-likeness (QED) is 0.516. The van der Waals surface area contributed by atoms with Gasteiger partial charge in [0.1, 0.15) is 11.6 Å². The fourth-order valence-electron chi connectivity index (χ4n) is 3.87. The molecule has 3 aromatic carbocycles. The number of hydrogen-bond donors (Lipinski definition) is 2. The van der Waals surface area contributed by atoms with Crippen molar-refractivity contribution in [2.24, 2.45) is 5.14 Å². The van der Waals surface area contributed by atoms with E-state index >= 15 is 0 Å². The van der Waals surface area contributed by atoms with Crippen LogP contribution in [0.4, 0.5) is 23.2 Å². The Morgan fingerprint density at radius 2 is 1.79 bits per heavy atom. The molecule has 0 bridgehead atoms. The van der Waals surface area contributed by atoms with Crippen molar-refractivity contribution in [1.29, 1.82) is 0 Å². The van der Waals surface area contributed by atoms with Crippen molar-refractivity contribution in [2.45, 2.75) is 23.4 Å². The molecule has 3 aromatic rings. The van der Waals surface area contributed by atoms with E-state index in [0.29, 0.717) is 5.56 Å². The maximum Gasteiger partial charge on any atom is 0.416 e. The van der Waals surface area contributed by atoms with Crippen molar-refractivity contribution in [1.82, 2.24) is 0 Å². The lowest BCUT2D eigenvalue weighted by Crippen LogP contribution is -2.21. The van der Waals surface area contributed by atoms with Crippen LogP contribution in [-0.2, 0) is 16.2 Å². The number of carbonyl (C=O) groups is 1. The molecule has 0 fully saturated rings. The molecule has 1 aliphatic heterocycles. The molecule has 0 aromatic heterocycles. The molecule has 11 heteroatoms. The first kappa shape index (κ1) is 23.7. The van der Waals surface area contributed by atoms with E-state index in [9.17, 15) is 30.8 Å². The zero-order valence-electron chi connectivity index (χ0n) is 17.4. The molecule has 1 atom stereocenters. The van der Waals surface area contributed by atoms with Crippen molar-refractivity contribution >= 4 is 21.6 Å². The Balaban J connectivity index is 1.78. The molecular formula is C23H18F4N2O4S. The van der Waals surface area contributed by atoms with E-state index in [1.54, 1.807) is 0 Å². The second-order valence-corrected chi connectivity index (χ2v) is 9.26. The third-order valence-electron chi connectivity index (χ3n) is 5.43. The van der Waals surface area contributed by atoms with Gasteiger partial charge in [-0.05, 0) is 54.4 Å². The number of alkyl halides is 3. The number of hydrogen-bond acceptors (Lipinski definition) is 4. The third kappa shape index (κ3) is 4.90. The highest BCUT2D eigenvalue weighted by Gasteiger charge is 2.34. The Hall–Kier alpha value is -3.44. The molecule has 0 saturated heterocycles. The molecule has 34 heavy (non-hydrogen) atoms. The van der Waals surface area contributed by atoms with Gasteiger partial charge < -0.3 is 10.1 Å². The molecule has 1 unspecified atom stereocenters. The minimum Gasteiger partial charge on any atom is -0.493 e. The second kappa shape index (κ2) is 8.73. The van der Waals surface area contributed by atoms with Crippen LogP contribution in [-0.4, -0.2) is 20.9 Å². The minimum atomic E-state index is -4.65. The zero-order chi connectivity index (χ0) is 24.7. The van der Waals surface area contributed by atoms with Gasteiger partial charge in [-0.2, -0.15) is 13.2 Å². The summed E-state index contributed by atoms with van der Waals surface area (Å²) in [4.78, 5) is 12.9. The maximum atomic E-state index is 13.7. The van der Waals surface area contributed by atoms with Crippen molar-refractivity contribution in [3.05, 3.63) is 88.7 Å². The van der Waals surface area contributed by atoms with Crippen LogP contribution in [0, 0.1) is 5.82 Å². The van der Waals surface area contributed by atoms with E-state index < -0.39 is 39.4 Å². The Morgan fingerprint density at radius 1 is 1.03 bits per heavy atom. The molecule has 4 rings (SSSR count). The number of primary sulfonamides is 1. The Bertz CT molecular complexity index is 1370. The number of sulfonamides is 1. The summed E-state index contributed by atoms with van der Waals surface area (Å²) in [6.07, 6.45) is -4.38. The van der Waals surface area contributed by atoms with Crippen LogP contribution in [0.15, 0.2) is 65.6 Å². The van der Waals surface area contributed by atoms with E-state index in [-0.39, 0.29) is 40.5 Å². The molecule has 0 saturated carbocycles. The fraction of sp³-hybridized carbons (Fsp3) is 0.174. The fourth-order valence-corrected chi connectivity index (χ4v) is 4.43. The van der Waals surface area contributed by atoms with Crippen LogP contribution < -0.4 is 15.2 Å². The number of fused-ring (bicyclic) bond motifs is 1. The Labute approximate surface area is 192 Å². The molecule has 1 amide bonds. The first-order chi connectivity index (χ1) is 15.9. The number of anilines is 1. The summed E-state index contributed by atoms with van der Waals surface area (Å²) in [6, 6.07) is 11.7. The van der Waals surface area contributed by atoms with Crippen molar-refractivity contribution in [3.63, 3.8) is 0 Å². The lowest BCUT2D eigenvalue weighted by atomic mass is 9.83. The van der Waals surface area contributed by atoms with Gasteiger partial charge in [0.2, 0.25) is 10.0 Å². The number of nitrogens with one attached hydrogen (secondary N) is 1. The van der Waals surface area contributed by atoms with Gasteiger partial charge in [0, 0.05) is 28.8 Å². The number of carbonyl (C=O) groups excluding carboxylic acids is 1. The summed E-state index contributed by atoms with van der Waals surface area (Å²) < 4.78 is 82.7. The number of halogens is 4. The van der Waals surface area contributed by atoms with Gasteiger partial charge in [0.25, 0.3) is 5.91 Å². The van der Waals surface area contributed by atoms with Gasteiger partial charge in [-0.1, -0.05) is 12.1 Å². The summed E-state index contributed by atoms with van der Waals surface area (Å²) in [7, 11) is -4.03. The predicted octanol–water partition coefficient (Wildman–Crippen LogP) is 4.66. The molecule has 6 nitrogen and oxygen atoms in total. The van der Waals surface area contributed by atoms with Crippen LogP contribution >= 0.6 is 0 Å². The van der Waals surface area contributed by atoms with E-state index in [1.807, 2.05) is 0 Å². The molecule has 178 valence electrons. The topological polar surface area (TPSA) is 98.5 Å². The normalized spacial score (nSPS) is 15.9. The summed E-state index contributed by atoms with van der Waals surface area (Å²) in [6.45, 7) is 0.120. The number of benzene rings is 3. The smallest absolute Gasteiger partial charge is 0.416 e. The largest absolute Gasteiger partial charge is 0.493 e. The monoisotopic (exact) mass is 494 g/mol. The Kier molecular flexibility index (Phi) is 6.09. The number of rotatable bonds is 4. The van der Waals surface area contributed by atoms with Crippen LogP contribution in [0.3, 0.4) is 0 Å². The molecule has 3 N–H and O–H groups in total. The molecular weight excluding hydrogens is 476 g/mol. The van der Waals surface area contributed by atoms with E-state index in [4.69, 9.17) is 9.88 Å². The highest BCUT2D eigenvalue weighted by atomic mass is 32.2. The van der Waals surface area contributed by atoms with E-state index in [0.717, 1.165) is 30.3 Å². The van der Waals surface area contributed by atoms with E-state index in [2.05, 4.69) is 5.32 Å². The van der Waals surface area contributed by atoms with Crippen LogP contribution in [0.1, 0.15) is 39.4 Å². The highest BCUT2D eigenvalue weighted by Crippen LogP contribution is 2.42. The van der Waals surface area contributed by atoms with Gasteiger partial charge in [-0.15, -0.1) is 0 Å². The molecule has 0 aliphatic carbocycles. The standard InChI is InChI=1S/C23H18F4N2O4S/c24-14-5-7-18-17(8-9-33-21(18)11-14)20-10-13(23(25,26)27)4-6-19(20)22(30)29-15-2-1-3-16(12-15)34(28,31)32/h1-7,10-12,17H,8-9H2,(H,29,30)(H2,28,31,32). The van der Waals surface area contributed by atoms with Crippen LogP contribution in [0.2, 0.25) is 0 Å². The number of ether oxygens (including phenoxy) is 1. The lowest BCUT2D eigenvalue weighted by Gasteiger charge is -2.28. The first-order valence-electron chi connectivity index (χ1n) is 10.0. The lowest BCUT2D eigenvalue weighted by molar-refractivity contribution is -0.137. The second-order valence-electron chi connectivity index (χ2n) is 7.70. The number of amides is 1. The van der Waals surface area contributed by atoms with Crippen LogP contribution in [0.5, 0.6) is 5.75 Å². The molecule has 0 spiro atoms. The average molecular weight is 494 g/mol. The summed E-state index contributed by atoms with van der Waals surface area (Å²) >= 11 is 0. The number of nitrogens with two attached hydrogens (primary N) is 1. The van der Waals surface area contributed by atoms with Crippen molar-refractivity contribution < 1.29 is 35.5 Å². The van der Waals surface area contributed by atoms with Crippen molar-refractivity contribution in [2.75, 3.05) is 11.9 Å². The van der Waals surface area contributed by atoms with Gasteiger partial charge in [-0.25, -0.2) is 17.9 Å². The predicted molar refractivity (Wildman–Crippen MR) is 116 cm³/mol. The SMILES string of the molecule is NS(=O)(=O)c1cccc(NC(=O)c2ccc(C(F)(F)F)cc2C2CCOc3cc(F)ccc32)c1. The van der Waals surface area contributed by atoms with Gasteiger partial charge in [-0.3, -0.25) is 4.79 Å². The molecule has 0 radical (unpaired) electrons.